The highest BCUT2D eigenvalue weighted by atomic mass is 16.2. The topological polar surface area (TPSA) is 46.4 Å². The number of hydrogen-bond donors (Lipinski definition) is 1. The first kappa shape index (κ1) is 14.3. The Labute approximate surface area is 129 Å². The van der Waals surface area contributed by atoms with E-state index in [1.807, 2.05) is 73.8 Å². The van der Waals surface area contributed by atoms with Crippen LogP contribution in [-0.4, -0.2) is 21.3 Å². The summed E-state index contributed by atoms with van der Waals surface area (Å²) in [5.74, 6) is -0.144. The molecule has 0 saturated heterocycles. The van der Waals surface area contributed by atoms with Gasteiger partial charge in [0.1, 0.15) is 5.65 Å². The summed E-state index contributed by atoms with van der Waals surface area (Å²) in [6, 6.07) is 14.0. The molecule has 0 radical (unpaired) electrons. The zero-order valence-electron chi connectivity index (χ0n) is 13.0. The monoisotopic (exact) mass is 293 g/mol. The van der Waals surface area contributed by atoms with Crippen LogP contribution >= 0.6 is 0 Å². The van der Waals surface area contributed by atoms with Crippen LogP contribution < -0.4 is 5.32 Å². The van der Waals surface area contributed by atoms with E-state index < -0.39 is 0 Å². The van der Waals surface area contributed by atoms with E-state index in [1.165, 1.54) is 5.56 Å². The number of hydrogen-bond acceptors (Lipinski definition) is 2. The molecule has 112 valence electrons. The van der Waals surface area contributed by atoms with Crippen LogP contribution in [-0.2, 0) is 0 Å². The number of carbonyl (C=O) groups excluding carboxylic acids is 1. The third kappa shape index (κ3) is 2.60. The fourth-order valence-electron chi connectivity index (χ4n) is 2.47. The van der Waals surface area contributed by atoms with Gasteiger partial charge in [0.2, 0.25) is 0 Å². The molecule has 0 aliphatic carbocycles. The third-order valence-electron chi connectivity index (χ3n) is 3.49. The normalized spacial score (nSPS) is 11.1. The first-order chi connectivity index (χ1) is 10.6. The lowest BCUT2D eigenvalue weighted by molar-refractivity contribution is 0.0939. The molecule has 0 spiro atoms. The minimum Gasteiger partial charge on any atom is -0.348 e. The van der Waals surface area contributed by atoms with E-state index in [-0.39, 0.29) is 11.9 Å². The molecule has 3 aromatic rings. The summed E-state index contributed by atoms with van der Waals surface area (Å²) in [6.45, 7) is 5.93. The number of imidazole rings is 1. The van der Waals surface area contributed by atoms with Crippen molar-refractivity contribution in [3.63, 3.8) is 0 Å². The molecule has 1 amide bonds. The third-order valence-corrected chi connectivity index (χ3v) is 3.49. The van der Waals surface area contributed by atoms with Gasteiger partial charge in [-0.25, -0.2) is 4.98 Å². The van der Waals surface area contributed by atoms with Crippen molar-refractivity contribution < 1.29 is 4.79 Å². The Bertz CT molecular complexity index is 816. The van der Waals surface area contributed by atoms with Crippen molar-refractivity contribution in [1.82, 2.24) is 14.7 Å². The van der Waals surface area contributed by atoms with Gasteiger partial charge < -0.3 is 5.32 Å². The zero-order valence-corrected chi connectivity index (χ0v) is 13.0. The summed E-state index contributed by atoms with van der Waals surface area (Å²) >= 11 is 0. The van der Waals surface area contributed by atoms with Crippen LogP contribution in [0.25, 0.3) is 16.9 Å². The summed E-state index contributed by atoms with van der Waals surface area (Å²) in [5.41, 5.74) is 4.23. The molecular weight excluding hydrogens is 274 g/mol. The van der Waals surface area contributed by atoms with Crippen LogP contribution in [0.2, 0.25) is 0 Å². The molecule has 0 saturated carbocycles. The van der Waals surface area contributed by atoms with Gasteiger partial charge in [-0.05, 0) is 32.9 Å². The lowest BCUT2D eigenvalue weighted by Gasteiger charge is -2.09. The van der Waals surface area contributed by atoms with Crippen molar-refractivity contribution >= 4 is 11.6 Å². The summed E-state index contributed by atoms with van der Waals surface area (Å²) in [4.78, 5) is 17.0. The highest BCUT2D eigenvalue weighted by molar-refractivity contribution is 5.99. The lowest BCUT2D eigenvalue weighted by atomic mass is 10.1. The summed E-state index contributed by atoms with van der Waals surface area (Å²) in [6.07, 6.45) is 1.93. The van der Waals surface area contributed by atoms with Crippen molar-refractivity contribution in [2.24, 2.45) is 0 Å². The van der Waals surface area contributed by atoms with E-state index in [0.29, 0.717) is 5.69 Å². The van der Waals surface area contributed by atoms with E-state index in [9.17, 15) is 4.79 Å². The predicted octanol–water partition coefficient (Wildman–Crippen LogP) is 3.45. The molecule has 1 N–H and O–H groups in total. The molecule has 4 nitrogen and oxygen atoms in total. The Morgan fingerprint density at radius 2 is 1.86 bits per heavy atom. The molecule has 0 bridgehead atoms. The van der Waals surface area contributed by atoms with E-state index in [4.69, 9.17) is 0 Å². The summed E-state index contributed by atoms with van der Waals surface area (Å²) in [7, 11) is 0. The van der Waals surface area contributed by atoms with Crippen molar-refractivity contribution in [1.29, 1.82) is 0 Å². The molecule has 2 heterocycles. The van der Waals surface area contributed by atoms with Gasteiger partial charge in [0.05, 0.1) is 5.69 Å². The second kappa shape index (κ2) is 5.64. The van der Waals surface area contributed by atoms with Gasteiger partial charge >= 0.3 is 0 Å². The zero-order chi connectivity index (χ0) is 15.7. The van der Waals surface area contributed by atoms with Gasteiger partial charge in [-0.3, -0.25) is 9.20 Å². The maximum Gasteiger partial charge on any atom is 0.272 e. The highest BCUT2D eigenvalue weighted by Gasteiger charge is 2.20. The lowest BCUT2D eigenvalue weighted by Crippen LogP contribution is -2.30. The van der Waals surface area contributed by atoms with Crippen LogP contribution in [0.15, 0.2) is 48.7 Å². The summed E-state index contributed by atoms with van der Waals surface area (Å²) in [5, 5.41) is 2.93. The van der Waals surface area contributed by atoms with Gasteiger partial charge in [0.15, 0.2) is 5.69 Å². The van der Waals surface area contributed by atoms with Crippen molar-refractivity contribution in [2.45, 2.75) is 26.8 Å². The maximum atomic E-state index is 12.5. The first-order valence-electron chi connectivity index (χ1n) is 7.41. The molecule has 0 unspecified atom stereocenters. The van der Waals surface area contributed by atoms with E-state index in [2.05, 4.69) is 10.3 Å². The number of pyridine rings is 1. The van der Waals surface area contributed by atoms with Crippen molar-refractivity contribution in [3.8, 4) is 11.3 Å². The van der Waals surface area contributed by atoms with Gasteiger partial charge in [0.25, 0.3) is 5.91 Å². The number of fused-ring (bicyclic) bond motifs is 1. The quantitative estimate of drug-likeness (QED) is 0.804. The van der Waals surface area contributed by atoms with Crippen molar-refractivity contribution in [2.75, 3.05) is 0 Å². The molecule has 0 aliphatic heterocycles. The standard InChI is InChI=1S/C18H19N3O/c1-12(2)19-18(22)16-17(14-9-7-13(3)8-10-14)21-11-5-4-6-15(21)20-16/h4-12H,1-3H3,(H,19,22). The van der Waals surface area contributed by atoms with Crippen LogP contribution in [0, 0.1) is 6.92 Å². The number of aryl methyl sites for hydroxylation is 1. The maximum absolute atomic E-state index is 12.5. The van der Waals surface area contributed by atoms with Gasteiger partial charge in [-0.1, -0.05) is 35.9 Å². The van der Waals surface area contributed by atoms with E-state index >= 15 is 0 Å². The molecule has 1 aromatic carbocycles. The second-order valence-corrected chi connectivity index (χ2v) is 5.73. The van der Waals surface area contributed by atoms with Crippen LogP contribution in [0.5, 0.6) is 0 Å². The Hall–Kier alpha value is -2.62. The van der Waals surface area contributed by atoms with E-state index in [0.717, 1.165) is 16.9 Å². The molecule has 0 atom stereocenters. The average Bonchev–Trinajstić information content (AvgIpc) is 2.87. The summed E-state index contributed by atoms with van der Waals surface area (Å²) < 4.78 is 1.96. The number of carbonyl (C=O) groups is 1. The SMILES string of the molecule is Cc1ccc(-c2c(C(=O)NC(C)C)nc3ccccn23)cc1. The van der Waals surface area contributed by atoms with Gasteiger partial charge in [-0.2, -0.15) is 0 Å². The number of amides is 1. The Kier molecular flexibility index (Phi) is 3.67. The van der Waals surface area contributed by atoms with Gasteiger partial charge in [-0.15, -0.1) is 0 Å². The highest BCUT2D eigenvalue weighted by Crippen LogP contribution is 2.25. The van der Waals surface area contributed by atoms with Crippen LogP contribution in [0.4, 0.5) is 0 Å². The molecule has 22 heavy (non-hydrogen) atoms. The van der Waals surface area contributed by atoms with Crippen LogP contribution in [0.3, 0.4) is 0 Å². The molecule has 3 rings (SSSR count). The number of nitrogens with one attached hydrogen (secondary N) is 1. The smallest absolute Gasteiger partial charge is 0.272 e. The molecule has 4 heteroatoms. The predicted molar refractivity (Wildman–Crippen MR) is 88.0 cm³/mol. The van der Waals surface area contributed by atoms with Crippen molar-refractivity contribution in [3.05, 3.63) is 59.9 Å². The number of rotatable bonds is 3. The number of aromatic nitrogens is 2. The average molecular weight is 293 g/mol. The fraction of sp³-hybridized carbons (Fsp3) is 0.222. The molecule has 0 aliphatic rings. The largest absolute Gasteiger partial charge is 0.348 e. The Morgan fingerprint density at radius 3 is 2.55 bits per heavy atom. The Balaban J connectivity index is 2.21. The Morgan fingerprint density at radius 1 is 1.14 bits per heavy atom. The first-order valence-corrected chi connectivity index (χ1v) is 7.41. The fourth-order valence-corrected chi connectivity index (χ4v) is 2.47. The number of nitrogens with zero attached hydrogens (tertiary/aromatic N) is 2. The van der Waals surface area contributed by atoms with E-state index in [1.54, 1.807) is 0 Å². The minimum absolute atomic E-state index is 0.0724. The molecule has 0 fully saturated rings. The van der Waals surface area contributed by atoms with Gasteiger partial charge in [0, 0.05) is 17.8 Å². The molecule has 2 aromatic heterocycles. The molecular formula is C18H19N3O. The second-order valence-electron chi connectivity index (χ2n) is 5.73. The van der Waals surface area contributed by atoms with Crippen LogP contribution in [0.1, 0.15) is 29.9 Å². The number of benzene rings is 1. The minimum atomic E-state index is -0.144.